The van der Waals surface area contributed by atoms with Crippen LogP contribution in [0.2, 0.25) is 0 Å². The molecule has 0 bridgehead atoms. The van der Waals surface area contributed by atoms with Gasteiger partial charge in [0, 0.05) is 18.8 Å². The van der Waals surface area contributed by atoms with Crippen LogP contribution in [-0.4, -0.2) is 47.1 Å². The molecule has 0 amide bonds. The van der Waals surface area contributed by atoms with Crippen molar-refractivity contribution in [2.24, 2.45) is 5.92 Å². The predicted molar refractivity (Wildman–Crippen MR) is 117 cm³/mol. The van der Waals surface area contributed by atoms with Crippen LogP contribution in [0, 0.1) is 17.6 Å². The topological polar surface area (TPSA) is 95.4 Å². The minimum absolute atomic E-state index is 0.136. The van der Waals surface area contributed by atoms with Crippen molar-refractivity contribution in [3.8, 4) is 17.2 Å². The zero-order valence-electron chi connectivity index (χ0n) is 18.5. The second kappa shape index (κ2) is 10.4. The molecule has 2 N–H and O–H groups in total. The van der Waals surface area contributed by atoms with Crippen molar-refractivity contribution in [3.63, 3.8) is 0 Å². The molecule has 0 atom stereocenters. The average Bonchev–Trinajstić information content (AvgIpc) is 3.27. The van der Waals surface area contributed by atoms with Gasteiger partial charge in [0.05, 0.1) is 44.1 Å². The Morgan fingerprint density at radius 3 is 2.36 bits per heavy atom. The van der Waals surface area contributed by atoms with Gasteiger partial charge in [-0.15, -0.1) is 0 Å². The fourth-order valence-electron chi connectivity index (χ4n) is 3.66. The van der Waals surface area contributed by atoms with E-state index in [1.165, 1.54) is 26.6 Å². The van der Waals surface area contributed by atoms with E-state index in [2.05, 4.69) is 25.7 Å². The number of nitrogens with one attached hydrogen (secondary N) is 2. The first-order valence-corrected chi connectivity index (χ1v) is 10.6. The lowest BCUT2D eigenvalue weighted by atomic mass is 9.98. The van der Waals surface area contributed by atoms with E-state index in [4.69, 9.17) is 14.2 Å². The van der Waals surface area contributed by atoms with Crippen molar-refractivity contribution in [3.05, 3.63) is 48.1 Å². The number of ether oxygens (including phenoxy) is 3. The Kier molecular flexibility index (Phi) is 7.18. The summed E-state index contributed by atoms with van der Waals surface area (Å²) < 4.78 is 46.2. The molecule has 1 fully saturated rings. The molecule has 3 heterocycles. The first kappa shape index (κ1) is 22.7. The molecule has 1 aliphatic rings. The summed E-state index contributed by atoms with van der Waals surface area (Å²) >= 11 is 0. The largest absolute Gasteiger partial charge is 0.494 e. The summed E-state index contributed by atoms with van der Waals surface area (Å²) in [6.45, 7) is 2.58. The molecule has 3 aromatic rings. The van der Waals surface area contributed by atoms with Gasteiger partial charge in [-0.2, -0.15) is 5.10 Å². The maximum atomic E-state index is 14.5. The highest BCUT2D eigenvalue weighted by atomic mass is 19.1. The van der Waals surface area contributed by atoms with Gasteiger partial charge >= 0.3 is 0 Å². The molecular formula is C22H26F2N6O3. The summed E-state index contributed by atoms with van der Waals surface area (Å²) in [4.78, 5) is 8.39. The maximum absolute atomic E-state index is 14.5. The van der Waals surface area contributed by atoms with Crippen LogP contribution in [0.15, 0.2) is 30.9 Å². The lowest BCUT2D eigenvalue weighted by molar-refractivity contribution is 0.280. The Balaban J connectivity index is 1.36. The van der Waals surface area contributed by atoms with Crippen LogP contribution in [0.1, 0.15) is 18.4 Å². The van der Waals surface area contributed by atoms with E-state index in [9.17, 15) is 8.78 Å². The first-order valence-electron chi connectivity index (χ1n) is 10.6. The second-order valence-electron chi connectivity index (χ2n) is 7.69. The minimum Gasteiger partial charge on any atom is -0.494 e. The Hall–Kier alpha value is -3.47. The smallest absolute Gasteiger partial charge is 0.227 e. The van der Waals surface area contributed by atoms with Crippen molar-refractivity contribution in [2.45, 2.75) is 26.0 Å². The summed E-state index contributed by atoms with van der Waals surface area (Å²) in [6, 6.07) is 1.15. The quantitative estimate of drug-likeness (QED) is 0.502. The molecule has 0 radical (unpaired) electrons. The summed E-state index contributed by atoms with van der Waals surface area (Å²) in [5.41, 5.74) is 0.458. The molecule has 9 nitrogen and oxygen atoms in total. The third-order valence-electron chi connectivity index (χ3n) is 5.47. The molecule has 2 aromatic heterocycles. The van der Waals surface area contributed by atoms with Crippen LogP contribution in [0.3, 0.4) is 0 Å². The monoisotopic (exact) mass is 460 g/mol. The average molecular weight is 460 g/mol. The van der Waals surface area contributed by atoms with Crippen molar-refractivity contribution in [1.82, 2.24) is 25.1 Å². The Bertz CT molecular complexity index is 1040. The molecule has 176 valence electrons. The summed E-state index contributed by atoms with van der Waals surface area (Å²) in [6.07, 6.45) is 8.76. The van der Waals surface area contributed by atoms with Gasteiger partial charge in [0.2, 0.25) is 5.95 Å². The van der Waals surface area contributed by atoms with E-state index in [0.717, 1.165) is 44.2 Å². The third-order valence-corrected chi connectivity index (χ3v) is 5.47. The summed E-state index contributed by atoms with van der Waals surface area (Å²) in [5, 5.41) is 10.8. The highest BCUT2D eigenvalue weighted by molar-refractivity contribution is 5.50. The fourth-order valence-corrected chi connectivity index (χ4v) is 3.66. The SMILES string of the molecule is COc1cc(OC)c(F)c(COc2cnc(Nc3cnn(CC4CCNCC4)c3)nc2)c1F. The summed E-state index contributed by atoms with van der Waals surface area (Å²) in [5.74, 6) is -0.752. The number of benzene rings is 1. The van der Waals surface area contributed by atoms with Crippen LogP contribution in [-0.2, 0) is 13.2 Å². The highest BCUT2D eigenvalue weighted by Crippen LogP contribution is 2.32. The standard InChI is InChI=1S/C22H26F2N6O3/c1-31-18-7-19(32-2)21(24)17(20(18)23)13-33-16-9-26-22(27-10-16)29-15-8-28-30(12-15)11-14-3-5-25-6-4-14/h7-10,12,14,25H,3-6,11,13H2,1-2H3,(H,26,27,29). The van der Waals surface area contributed by atoms with Gasteiger partial charge in [-0.25, -0.2) is 18.7 Å². The molecule has 0 unspecified atom stereocenters. The van der Waals surface area contributed by atoms with Gasteiger partial charge in [-0.1, -0.05) is 0 Å². The van der Waals surface area contributed by atoms with E-state index in [0.29, 0.717) is 11.9 Å². The first-order chi connectivity index (χ1) is 16.1. The number of nitrogens with zero attached hydrogens (tertiary/aromatic N) is 4. The van der Waals surface area contributed by atoms with E-state index < -0.39 is 11.6 Å². The second-order valence-corrected chi connectivity index (χ2v) is 7.69. The van der Waals surface area contributed by atoms with Crippen LogP contribution in [0.4, 0.5) is 20.4 Å². The fraction of sp³-hybridized carbons (Fsp3) is 0.409. The van der Waals surface area contributed by atoms with Gasteiger partial charge in [-0.3, -0.25) is 4.68 Å². The van der Waals surface area contributed by atoms with Crippen molar-refractivity contribution >= 4 is 11.6 Å². The highest BCUT2D eigenvalue weighted by Gasteiger charge is 2.20. The molecule has 4 rings (SSSR count). The van der Waals surface area contributed by atoms with Crippen molar-refractivity contribution < 1.29 is 23.0 Å². The van der Waals surface area contributed by atoms with Crippen LogP contribution >= 0.6 is 0 Å². The van der Waals surface area contributed by atoms with Crippen LogP contribution in [0.25, 0.3) is 0 Å². The molecule has 11 heteroatoms. The van der Waals surface area contributed by atoms with E-state index in [-0.39, 0.29) is 29.4 Å². The zero-order valence-corrected chi connectivity index (χ0v) is 18.5. The summed E-state index contributed by atoms with van der Waals surface area (Å²) in [7, 11) is 2.58. The third kappa shape index (κ3) is 5.48. The number of hydrogen-bond donors (Lipinski definition) is 2. The molecule has 1 saturated heterocycles. The van der Waals surface area contributed by atoms with Crippen molar-refractivity contribution in [2.75, 3.05) is 32.6 Å². The van der Waals surface area contributed by atoms with Gasteiger partial charge in [0.1, 0.15) is 6.61 Å². The Morgan fingerprint density at radius 2 is 1.73 bits per heavy atom. The molecule has 0 aliphatic carbocycles. The maximum Gasteiger partial charge on any atom is 0.227 e. The number of methoxy groups -OCH3 is 2. The molecule has 33 heavy (non-hydrogen) atoms. The van der Waals surface area contributed by atoms with Gasteiger partial charge in [-0.05, 0) is 31.8 Å². The van der Waals surface area contributed by atoms with Crippen LogP contribution < -0.4 is 24.8 Å². The number of rotatable bonds is 9. The Morgan fingerprint density at radius 1 is 1.06 bits per heavy atom. The molecule has 1 aromatic carbocycles. The predicted octanol–water partition coefficient (Wildman–Crippen LogP) is 3.29. The lowest BCUT2D eigenvalue weighted by Gasteiger charge is -2.22. The number of anilines is 2. The van der Waals surface area contributed by atoms with Gasteiger partial charge in [0.15, 0.2) is 28.9 Å². The normalized spacial score (nSPS) is 14.2. The molecular weight excluding hydrogens is 434 g/mol. The number of halogens is 2. The minimum atomic E-state index is -0.850. The number of hydrogen-bond acceptors (Lipinski definition) is 8. The van der Waals surface area contributed by atoms with Crippen LogP contribution in [0.5, 0.6) is 17.2 Å². The van der Waals surface area contributed by atoms with Gasteiger partial charge < -0.3 is 24.8 Å². The molecule has 1 aliphatic heterocycles. The van der Waals surface area contributed by atoms with Gasteiger partial charge in [0.25, 0.3) is 0 Å². The van der Waals surface area contributed by atoms with Crippen molar-refractivity contribution in [1.29, 1.82) is 0 Å². The van der Waals surface area contributed by atoms with E-state index in [1.54, 1.807) is 6.20 Å². The zero-order chi connectivity index (χ0) is 23.2. The van der Waals surface area contributed by atoms with E-state index >= 15 is 0 Å². The van der Waals surface area contributed by atoms with E-state index in [1.807, 2.05) is 10.9 Å². The lowest BCUT2D eigenvalue weighted by Crippen LogP contribution is -2.29. The number of piperidine rings is 1. The number of aromatic nitrogens is 4. The molecule has 0 saturated carbocycles. The molecule has 0 spiro atoms. The Labute approximate surface area is 190 Å².